The summed E-state index contributed by atoms with van der Waals surface area (Å²) in [5, 5.41) is 3.13. The Bertz CT molecular complexity index is 729. The van der Waals surface area contributed by atoms with Gasteiger partial charge in [0.25, 0.3) is 0 Å². The fraction of sp³-hybridized carbons (Fsp3) is 0.200. The Morgan fingerprint density at radius 2 is 1.84 bits per heavy atom. The van der Waals surface area contributed by atoms with E-state index in [-0.39, 0.29) is 11.7 Å². The second kappa shape index (κ2) is 9.69. The van der Waals surface area contributed by atoms with E-state index >= 15 is 0 Å². The van der Waals surface area contributed by atoms with Crippen LogP contribution in [0, 0.1) is 5.82 Å². The van der Waals surface area contributed by atoms with Crippen LogP contribution in [0.1, 0.15) is 24.5 Å². The minimum absolute atomic E-state index is 0.302. The van der Waals surface area contributed by atoms with E-state index < -0.39 is 0 Å². The molecule has 0 spiro atoms. The smallest absolute Gasteiger partial charge is 0.250 e. The second-order valence-corrected chi connectivity index (χ2v) is 5.97. The lowest BCUT2D eigenvalue weighted by atomic mass is 10.2. The van der Waals surface area contributed by atoms with Crippen molar-refractivity contribution in [2.45, 2.75) is 19.9 Å². The molecule has 5 heteroatoms. The molecule has 0 unspecified atom stereocenters. The van der Waals surface area contributed by atoms with Crippen molar-refractivity contribution >= 4 is 29.3 Å². The molecule has 0 radical (unpaired) electrons. The van der Waals surface area contributed by atoms with E-state index in [1.165, 1.54) is 18.2 Å². The highest BCUT2D eigenvalue weighted by molar-refractivity contribution is 7.80. The molecule has 0 bridgehead atoms. The van der Waals surface area contributed by atoms with Gasteiger partial charge in [-0.25, -0.2) is 4.39 Å². The zero-order valence-electron chi connectivity index (χ0n) is 14.1. The van der Waals surface area contributed by atoms with Crippen LogP contribution < -0.4 is 5.32 Å². The predicted molar refractivity (Wildman–Crippen MR) is 103 cm³/mol. The number of thiocarbonyl (C=S) groups is 1. The predicted octanol–water partition coefficient (Wildman–Crippen LogP) is 4.15. The zero-order valence-corrected chi connectivity index (χ0v) is 14.9. The van der Waals surface area contributed by atoms with E-state index in [0.717, 1.165) is 24.1 Å². The Labute approximate surface area is 153 Å². The van der Waals surface area contributed by atoms with Gasteiger partial charge >= 0.3 is 0 Å². The van der Waals surface area contributed by atoms with Gasteiger partial charge in [-0.2, -0.15) is 0 Å². The second-order valence-electron chi connectivity index (χ2n) is 5.59. The highest BCUT2D eigenvalue weighted by Crippen LogP contribution is 2.07. The highest BCUT2D eigenvalue weighted by atomic mass is 32.1. The van der Waals surface area contributed by atoms with E-state index in [4.69, 9.17) is 12.2 Å². The van der Waals surface area contributed by atoms with E-state index in [2.05, 4.69) is 12.2 Å². The average molecular weight is 356 g/mol. The maximum Gasteiger partial charge on any atom is 0.250 e. The van der Waals surface area contributed by atoms with Gasteiger partial charge in [0.05, 0.1) is 0 Å². The Morgan fingerprint density at radius 3 is 2.48 bits per heavy atom. The van der Waals surface area contributed by atoms with Crippen LogP contribution in [0.25, 0.3) is 6.08 Å². The molecule has 0 aliphatic heterocycles. The van der Waals surface area contributed by atoms with Crippen LogP contribution in [0.5, 0.6) is 0 Å². The summed E-state index contributed by atoms with van der Waals surface area (Å²) in [6.07, 6.45) is 3.94. The maximum atomic E-state index is 12.9. The SMILES string of the molecule is CCCN(Cc1ccccc1)C(=S)NC(=O)/C=C/c1ccc(F)cc1. The molecule has 130 valence electrons. The molecule has 25 heavy (non-hydrogen) atoms. The molecule has 1 amide bonds. The fourth-order valence-corrected chi connectivity index (χ4v) is 2.55. The number of hydrogen-bond acceptors (Lipinski definition) is 2. The van der Waals surface area contributed by atoms with Gasteiger partial charge in [-0.3, -0.25) is 10.1 Å². The lowest BCUT2D eigenvalue weighted by Gasteiger charge is -2.24. The number of carbonyl (C=O) groups excluding carboxylic acids is 1. The standard InChI is InChI=1S/C20H21FN2OS/c1-2-14-23(15-17-6-4-3-5-7-17)20(25)22-19(24)13-10-16-8-11-18(21)12-9-16/h3-13H,2,14-15H2,1H3,(H,22,24,25)/b13-10+. The van der Waals surface area contributed by atoms with E-state index in [1.54, 1.807) is 18.2 Å². The number of halogens is 1. The third kappa shape index (κ3) is 6.47. The van der Waals surface area contributed by atoms with Crippen LogP contribution in [-0.2, 0) is 11.3 Å². The Morgan fingerprint density at radius 1 is 1.16 bits per heavy atom. The van der Waals surface area contributed by atoms with E-state index in [1.807, 2.05) is 35.2 Å². The minimum Gasteiger partial charge on any atom is -0.345 e. The summed E-state index contributed by atoms with van der Waals surface area (Å²) in [5.74, 6) is -0.609. The van der Waals surface area contributed by atoms with E-state index in [9.17, 15) is 9.18 Å². The molecule has 0 atom stereocenters. The van der Waals surface area contributed by atoms with Crippen LogP contribution in [0.2, 0.25) is 0 Å². The molecule has 0 aliphatic carbocycles. The maximum absolute atomic E-state index is 12.9. The van der Waals surface area contributed by atoms with Gasteiger partial charge in [0.15, 0.2) is 5.11 Å². The molecule has 0 fully saturated rings. The van der Waals surface area contributed by atoms with Gasteiger partial charge in [0.1, 0.15) is 5.82 Å². The van der Waals surface area contributed by atoms with Crippen molar-refractivity contribution in [1.29, 1.82) is 0 Å². The van der Waals surface area contributed by atoms with Crippen LogP contribution in [0.3, 0.4) is 0 Å². The van der Waals surface area contributed by atoms with Crippen LogP contribution in [-0.4, -0.2) is 22.5 Å². The molecule has 0 aromatic heterocycles. The number of carbonyl (C=O) groups is 1. The summed E-state index contributed by atoms with van der Waals surface area (Å²) in [5.41, 5.74) is 1.88. The number of hydrogen-bond donors (Lipinski definition) is 1. The highest BCUT2D eigenvalue weighted by Gasteiger charge is 2.11. The monoisotopic (exact) mass is 356 g/mol. The molecule has 2 aromatic carbocycles. The topological polar surface area (TPSA) is 32.3 Å². The third-order valence-electron chi connectivity index (χ3n) is 3.52. The van der Waals surface area contributed by atoms with Crippen LogP contribution in [0.15, 0.2) is 60.7 Å². The Balaban J connectivity index is 1.94. The molecule has 0 saturated carbocycles. The van der Waals surface area contributed by atoms with Crippen LogP contribution in [0.4, 0.5) is 4.39 Å². The summed E-state index contributed by atoms with van der Waals surface area (Å²) in [6, 6.07) is 15.9. The molecule has 2 aromatic rings. The van der Waals surface area contributed by atoms with Gasteiger partial charge in [0.2, 0.25) is 5.91 Å². The Kier molecular flexibility index (Phi) is 7.29. The van der Waals surface area contributed by atoms with E-state index in [0.29, 0.717) is 11.7 Å². The quantitative estimate of drug-likeness (QED) is 0.623. The largest absolute Gasteiger partial charge is 0.345 e. The number of rotatable bonds is 6. The normalized spacial score (nSPS) is 10.6. The average Bonchev–Trinajstić information content (AvgIpc) is 2.62. The van der Waals surface area contributed by atoms with Crippen molar-refractivity contribution in [2.75, 3.05) is 6.54 Å². The molecular formula is C20H21FN2OS. The lowest BCUT2D eigenvalue weighted by Crippen LogP contribution is -2.42. The molecule has 2 rings (SSSR count). The summed E-state index contributed by atoms with van der Waals surface area (Å²) in [4.78, 5) is 14.0. The van der Waals surface area contributed by atoms with Crippen molar-refractivity contribution < 1.29 is 9.18 Å². The van der Waals surface area contributed by atoms with Crippen LogP contribution >= 0.6 is 12.2 Å². The zero-order chi connectivity index (χ0) is 18.1. The first-order chi connectivity index (χ1) is 12.1. The lowest BCUT2D eigenvalue weighted by molar-refractivity contribution is -0.115. The summed E-state index contributed by atoms with van der Waals surface area (Å²) in [6.45, 7) is 3.47. The number of benzene rings is 2. The summed E-state index contributed by atoms with van der Waals surface area (Å²) in [7, 11) is 0. The fourth-order valence-electron chi connectivity index (χ4n) is 2.30. The first-order valence-corrected chi connectivity index (χ1v) is 8.56. The van der Waals surface area contributed by atoms with Gasteiger partial charge in [-0.1, -0.05) is 49.4 Å². The molecule has 0 aliphatic rings. The summed E-state index contributed by atoms with van der Waals surface area (Å²) < 4.78 is 12.9. The first-order valence-electron chi connectivity index (χ1n) is 8.16. The number of nitrogens with zero attached hydrogens (tertiary/aromatic N) is 1. The summed E-state index contributed by atoms with van der Waals surface area (Å²) >= 11 is 5.37. The molecule has 0 saturated heterocycles. The molecular weight excluding hydrogens is 335 g/mol. The molecule has 3 nitrogen and oxygen atoms in total. The van der Waals surface area contributed by atoms with Crippen molar-refractivity contribution in [1.82, 2.24) is 10.2 Å². The minimum atomic E-state index is -0.307. The van der Waals surface area contributed by atoms with Gasteiger partial charge < -0.3 is 4.90 Å². The van der Waals surface area contributed by atoms with Crippen molar-refractivity contribution in [2.24, 2.45) is 0 Å². The molecule has 0 heterocycles. The van der Waals surface area contributed by atoms with Gasteiger partial charge in [-0.05, 0) is 48.0 Å². The number of amides is 1. The third-order valence-corrected chi connectivity index (χ3v) is 3.88. The van der Waals surface area contributed by atoms with Crippen molar-refractivity contribution in [3.63, 3.8) is 0 Å². The number of nitrogens with one attached hydrogen (secondary N) is 1. The van der Waals surface area contributed by atoms with Crippen molar-refractivity contribution in [3.8, 4) is 0 Å². The van der Waals surface area contributed by atoms with Gasteiger partial charge in [0, 0.05) is 19.2 Å². The first kappa shape index (κ1) is 18.8. The Hall–Kier alpha value is -2.53. The van der Waals surface area contributed by atoms with Crippen molar-refractivity contribution in [3.05, 3.63) is 77.6 Å². The molecule has 1 N–H and O–H groups in total. The van der Waals surface area contributed by atoms with Gasteiger partial charge in [-0.15, -0.1) is 0 Å².